The summed E-state index contributed by atoms with van der Waals surface area (Å²) >= 11 is 0. The van der Waals surface area contributed by atoms with Crippen LogP contribution in [0.25, 0.3) is 0 Å². The molecule has 0 saturated heterocycles. The number of furan rings is 1. The largest absolute Gasteiger partial charge is 0.485 e. The number of anilines is 1. The fourth-order valence-electron chi connectivity index (χ4n) is 2.91. The van der Waals surface area contributed by atoms with E-state index in [9.17, 15) is 9.59 Å². The molecule has 0 radical (unpaired) electrons. The van der Waals surface area contributed by atoms with Gasteiger partial charge in [-0.1, -0.05) is 17.7 Å². The number of hydrogen-bond acceptors (Lipinski definition) is 5. The summed E-state index contributed by atoms with van der Waals surface area (Å²) < 4.78 is 16.8. The SMILES string of the molecule is CCNC(=O)COc1ccc(NC(=O)c2ccc(COc3ccc(C)cc3C)o2)cc1. The van der Waals surface area contributed by atoms with Crippen molar-refractivity contribution in [2.75, 3.05) is 18.5 Å². The van der Waals surface area contributed by atoms with Crippen molar-refractivity contribution in [1.29, 1.82) is 0 Å². The van der Waals surface area contributed by atoms with Gasteiger partial charge < -0.3 is 24.5 Å². The summed E-state index contributed by atoms with van der Waals surface area (Å²) in [6.07, 6.45) is 0. The van der Waals surface area contributed by atoms with E-state index >= 15 is 0 Å². The molecular weight excluding hydrogens is 396 g/mol. The molecule has 0 aliphatic rings. The van der Waals surface area contributed by atoms with E-state index in [1.807, 2.05) is 39.0 Å². The number of ether oxygens (including phenoxy) is 2. The predicted octanol–water partition coefficient (Wildman–Crippen LogP) is 4.24. The zero-order valence-electron chi connectivity index (χ0n) is 17.9. The molecular formula is C24H26N2O5. The molecule has 0 bridgehead atoms. The average molecular weight is 422 g/mol. The number of amides is 2. The molecule has 3 rings (SSSR count). The van der Waals surface area contributed by atoms with Gasteiger partial charge >= 0.3 is 0 Å². The lowest BCUT2D eigenvalue weighted by molar-refractivity contribution is -0.122. The van der Waals surface area contributed by atoms with Crippen molar-refractivity contribution >= 4 is 17.5 Å². The summed E-state index contributed by atoms with van der Waals surface area (Å²) in [6.45, 7) is 6.59. The Morgan fingerprint density at radius 1 is 0.968 bits per heavy atom. The molecule has 7 nitrogen and oxygen atoms in total. The van der Waals surface area contributed by atoms with E-state index in [1.165, 1.54) is 5.56 Å². The minimum atomic E-state index is -0.367. The predicted molar refractivity (Wildman–Crippen MR) is 118 cm³/mol. The number of rotatable bonds is 9. The summed E-state index contributed by atoms with van der Waals surface area (Å²) in [7, 11) is 0. The zero-order valence-corrected chi connectivity index (χ0v) is 17.9. The normalized spacial score (nSPS) is 10.4. The number of carbonyl (C=O) groups excluding carboxylic acids is 2. The van der Waals surface area contributed by atoms with Crippen LogP contribution in [-0.2, 0) is 11.4 Å². The molecule has 0 aliphatic carbocycles. The Morgan fingerprint density at radius 3 is 2.45 bits per heavy atom. The first-order valence-electron chi connectivity index (χ1n) is 10.0. The minimum absolute atomic E-state index is 0.0566. The van der Waals surface area contributed by atoms with Crippen molar-refractivity contribution < 1.29 is 23.5 Å². The van der Waals surface area contributed by atoms with Gasteiger partial charge in [0.15, 0.2) is 12.4 Å². The van der Waals surface area contributed by atoms with E-state index in [0.717, 1.165) is 11.3 Å². The summed E-state index contributed by atoms with van der Waals surface area (Å²) in [6, 6.07) is 16.0. The average Bonchev–Trinajstić information content (AvgIpc) is 3.22. The number of likely N-dealkylation sites (N-methyl/N-ethyl adjacent to an activating group) is 1. The Hall–Kier alpha value is -3.74. The van der Waals surface area contributed by atoms with Gasteiger partial charge in [0.25, 0.3) is 11.8 Å². The third-order valence-corrected chi connectivity index (χ3v) is 4.44. The lowest BCUT2D eigenvalue weighted by Crippen LogP contribution is -2.28. The highest BCUT2D eigenvalue weighted by Crippen LogP contribution is 2.21. The molecule has 0 aliphatic heterocycles. The third-order valence-electron chi connectivity index (χ3n) is 4.44. The Kier molecular flexibility index (Phi) is 7.32. The van der Waals surface area contributed by atoms with E-state index in [2.05, 4.69) is 10.6 Å². The van der Waals surface area contributed by atoms with Crippen LogP contribution < -0.4 is 20.1 Å². The molecule has 3 aromatic rings. The second-order valence-electron chi connectivity index (χ2n) is 7.04. The fourth-order valence-corrected chi connectivity index (χ4v) is 2.91. The van der Waals surface area contributed by atoms with Gasteiger partial charge in [-0.25, -0.2) is 0 Å². The quantitative estimate of drug-likeness (QED) is 0.538. The molecule has 0 unspecified atom stereocenters. The van der Waals surface area contributed by atoms with Crippen molar-refractivity contribution in [3.63, 3.8) is 0 Å². The second-order valence-corrected chi connectivity index (χ2v) is 7.04. The molecule has 1 aromatic heterocycles. The smallest absolute Gasteiger partial charge is 0.291 e. The standard InChI is InChI=1S/C24H26N2O5/c1-4-25-23(27)15-29-19-8-6-18(7-9-19)26-24(28)22-12-10-20(31-22)14-30-21-11-5-16(2)13-17(21)3/h5-13H,4,14-15H2,1-3H3,(H,25,27)(H,26,28). The molecule has 2 N–H and O–H groups in total. The molecule has 1 heterocycles. The van der Waals surface area contributed by atoms with E-state index in [1.54, 1.807) is 36.4 Å². The van der Waals surface area contributed by atoms with Gasteiger partial charge in [-0.2, -0.15) is 0 Å². The maximum absolute atomic E-state index is 12.4. The van der Waals surface area contributed by atoms with Crippen molar-refractivity contribution in [2.24, 2.45) is 0 Å². The number of benzene rings is 2. The van der Waals surface area contributed by atoms with E-state index in [-0.39, 0.29) is 30.8 Å². The van der Waals surface area contributed by atoms with Gasteiger partial charge in [-0.05, 0) is 68.8 Å². The second kappa shape index (κ2) is 10.3. The van der Waals surface area contributed by atoms with Crippen LogP contribution in [0.1, 0.15) is 34.4 Å². The van der Waals surface area contributed by atoms with Crippen LogP contribution in [0.15, 0.2) is 59.0 Å². The summed E-state index contributed by atoms with van der Waals surface area (Å²) in [5, 5.41) is 5.42. The molecule has 0 atom stereocenters. The highest BCUT2D eigenvalue weighted by Gasteiger charge is 2.12. The molecule has 162 valence electrons. The highest BCUT2D eigenvalue weighted by molar-refractivity contribution is 6.02. The van der Waals surface area contributed by atoms with Crippen molar-refractivity contribution in [3.05, 3.63) is 77.2 Å². The zero-order chi connectivity index (χ0) is 22.2. The molecule has 7 heteroatoms. The number of aryl methyl sites for hydroxylation is 2. The summed E-state index contributed by atoms with van der Waals surface area (Å²) in [4.78, 5) is 23.9. The van der Waals surface area contributed by atoms with Gasteiger partial charge in [0.2, 0.25) is 0 Å². The minimum Gasteiger partial charge on any atom is -0.485 e. The summed E-state index contributed by atoms with van der Waals surface area (Å²) in [5.74, 6) is 1.51. The van der Waals surface area contributed by atoms with E-state index < -0.39 is 0 Å². The first-order valence-corrected chi connectivity index (χ1v) is 10.0. The van der Waals surface area contributed by atoms with Crippen LogP contribution in [0, 0.1) is 13.8 Å². The molecule has 2 aromatic carbocycles. The maximum Gasteiger partial charge on any atom is 0.291 e. The Morgan fingerprint density at radius 2 is 1.74 bits per heavy atom. The maximum atomic E-state index is 12.4. The van der Waals surface area contributed by atoms with Gasteiger partial charge in [0.1, 0.15) is 23.9 Å². The number of carbonyl (C=O) groups is 2. The number of nitrogens with one attached hydrogen (secondary N) is 2. The van der Waals surface area contributed by atoms with Crippen molar-refractivity contribution in [2.45, 2.75) is 27.4 Å². The number of hydrogen-bond donors (Lipinski definition) is 2. The van der Waals surface area contributed by atoms with Crippen LogP contribution >= 0.6 is 0 Å². The van der Waals surface area contributed by atoms with Crippen LogP contribution in [0.2, 0.25) is 0 Å². The van der Waals surface area contributed by atoms with Crippen LogP contribution in [0.3, 0.4) is 0 Å². The van der Waals surface area contributed by atoms with Crippen molar-refractivity contribution in [3.8, 4) is 11.5 Å². The highest BCUT2D eigenvalue weighted by atomic mass is 16.5. The van der Waals surface area contributed by atoms with Crippen LogP contribution in [-0.4, -0.2) is 25.0 Å². The Labute approximate surface area is 181 Å². The molecule has 0 fully saturated rings. The molecule has 0 saturated carbocycles. The molecule has 0 spiro atoms. The first-order chi connectivity index (χ1) is 14.9. The molecule has 31 heavy (non-hydrogen) atoms. The fraction of sp³-hybridized carbons (Fsp3) is 0.250. The van der Waals surface area contributed by atoms with Gasteiger partial charge in [-0.15, -0.1) is 0 Å². The Balaban J connectivity index is 1.51. The van der Waals surface area contributed by atoms with E-state index in [4.69, 9.17) is 13.9 Å². The monoisotopic (exact) mass is 422 g/mol. The van der Waals surface area contributed by atoms with Gasteiger partial charge in [0, 0.05) is 12.2 Å². The van der Waals surface area contributed by atoms with Gasteiger partial charge in [-0.3, -0.25) is 9.59 Å². The Bertz CT molecular complexity index is 1040. The van der Waals surface area contributed by atoms with Crippen LogP contribution in [0.5, 0.6) is 11.5 Å². The first kappa shape index (κ1) is 22.0. The van der Waals surface area contributed by atoms with Crippen molar-refractivity contribution in [1.82, 2.24) is 5.32 Å². The lowest BCUT2D eigenvalue weighted by Gasteiger charge is -2.08. The lowest BCUT2D eigenvalue weighted by atomic mass is 10.1. The topological polar surface area (TPSA) is 89.8 Å². The molecule has 2 amide bonds. The summed E-state index contributed by atoms with van der Waals surface area (Å²) in [5.41, 5.74) is 2.80. The third kappa shape index (κ3) is 6.37. The van der Waals surface area contributed by atoms with Gasteiger partial charge in [0.05, 0.1) is 0 Å². The van der Waals surface area contributed by atoms with E-state index in [0.29, 0.717) is 23.7 Å². The van der Waals surface area contributed by atoms with Crippen LogP contribution in [0.4, 0.5) is 5.69 Å².